The van der Waals surface area contributed by atoms with E-state index in [0.717, 1.165) is 24.2 Å². The highest BCUT2D eigenvalue weighted by Crippen LogP contribution is 2.39. The van der Waals surface area contributed by atoms with Gasteiger partial charge in [0, 0.05) is 36.5 Å². The second-order valence-electron chi connectivity index (χ2n) is 9.28. The van der Waals surface area contributed by atoms with Gasteiger partial charge in [0.15, 0.2) is 0 Å². The van der Waals surface area contributed by atoms with Crippen LogP contribution in [0.25, 0.3) is 10.4 Å². The summed E-state index contributed by atoms with van der Waals surface area (Å²) in [5.74, 6) is -0.746. The quantitative estimate of drug-likeness (QED) is 0.534. The van der Waals surface area contributed by atoms with Gasteiger partial charge < -0.3 is 15.0 Å². The Morgan fingerprint density at radius 3 is 2.67 bits per heavy atom. The number of hydrogen-bond acceptors (Lipinski definition) is 7. The lowest BCUT2D eigenvalue weighted by atomic mass is 9.97. The van der Waals surface area contributed by atoms with Crippen LogP contribution in [0, 0.1) is 5.41 Å². The summed E-state index contributed by atoms with van der Waals surface area (Å²) < 4.78 is 33.2. The number of alkyl halides is 2. The van der Waals surface area contributed by atoms with Gasteiger partial charge in [-0.25, -0.2) is 23.5 Å². The first-order valence-corrected chi connectivity index (χ1v) is 11.8. The molecule has 3 rings (SSSR count). The molecule has 1 atom stereocenters. The van der Waals surface area contributed by atoms with Crippen LogP contribution in [0.5, 0.6) is 0 Å². The number of halogens is 2. The molecule has 0 spiro atoms. The number of aromatic nitrogens is 2. The molecule has 2 aromatic heterocycles. The topological polar surface area (TPSA) is 84.4 Å². The summed E-state index contributed by atoms with van der Waals surface area (Å²) in [6, 6.07) is 1.30. The summed E-state index contributed by atoms with van der Waals surface area (Å²) in [4.78, 5) is 36.0. The monoisotopic (exact) mass is 480 g/mol. The summed E-state index contributed by atoms with van der Waals surface area (Å²) in [6.07, 6.45) is 0.224. The molecule has 1 saturated heterocycles. The first kappa shape index (κ1) is 25.0. The number of ether oxygens (including phenoxy) is 1. The zero-order valence-electron chi connectivity index (χ0n) is 19.6. The Bertz CT molecular complexity index is 1020. The number of likely N-dealkylation sites (tertiary alicyclic amines) is 1. The van der Waals surface area contributed by atoms with E-state index in [0.29, 0.717) is 18.9 Å². The summed E-state index contributed by atoms with van der Waals surface area (Å²) in [5.41, 5.74) is -0.265. The standard InChI is InChI=1S/C23H30F2N4O3S/c1-6-32-22(31)20-28-17(21(30)29-9-7-8-13(29)2)18(33-20)15-11-26-16(10-14(15)19(24)25)27-12-23(3,4)5/h10-11,13,19H,6-9,12H2,1-5H3,(H,26,27). The number of carbonyl (C=O) groups is 2. The molecule has 180 valence electrons. The fourth-order valence-corrected chi connectivity index (χ4v) is 4.58. The van der Waals surface area contributed by atoms with Crippen molar-refractivity contribution in [3.63, 3.8) is 0 Å². The van der Waals surface area contributed by atoms with E-state index in [2.05, 4.69) is 15.3 Å². The summed E-state index contributed by atoms with van der Waals surface area (Å²) in [6.45, 7) is 10.9. The van der Waals surface area contributed by atoms with Gasteiger partial charge >= 0.3 is 5.97 Å². The molecule has 7 nitrogen and oxygen atoms in total. The predicted molar refractivity (Wildman–Crippen MR) is 124 cm³/mol. The van der Waals surface area contributed by atoms with Gasteiger partial charge in [-0.05, 0) is 38.2 Å². The minimum absolute atomic E-state index is 0.00904. The Morgan fingerprint density at radius 2 is 2.09 bits per heavy atom. The lowest BCUT2D eigenvalue weighted by molar-refractivity contribution is 0.0525. The van der Waals surface area contributed by atoms with E-state index in [1.807, 2.05) is 27.7 Å². The zero-order chi connectivity index (χ0) is 24.3. The fraction of sp³-hybridized carbons (Fsp3) is 0.565. The van der Waals surface area contributed by atoms with Crippen LogP contribution in [0.4, 0.5) is 14.6 Å². The van der Waals surface area contributed by atoms with Gasteiger partial charge in [-0.1, -0.05) is 20.8 Å². The summed E-state index contributed by atoms with van der Waals surface area (Å²) >= 11 is 0.877. The minimum atomic E-state index is -2.81. The number of anilines is 1. The second-order valence-corrected chi connectivity index (χ2v) is 10.3. The van der Waals surface area contributed by atoms with Crippen molar-refractivity contribution in [3.05, 3.63) is 28.5 Å². The first-order valence-electron chi connectivity index (χ1n) is 11.0. The average molecular weight is 481 g/mol. The van der Waals surface area contributed by atoms with Crippen LogP contribution in [-0.4, -0.2) is 52.5 Å². The fourth-order valence-electron chi connectivity index (χ4n) is 3.59. The molecule has 3 heterocycles. The van der Waals surface area contributed by atoms with Crippen LogP contribution in [0.1, 0.15) is 79.7 Å². The molecular formula is C23H30F2N4O3S. The highest BCUT2D eigenvalue weighted by molar-refractivity contribution is 7.17. The van der Waals surface area contributed by atoms with E-state index in [9.17, 15) is 18.4 Å². The summed E-state index contributed by atoms with van der Waals surface area (Å²) in [5, 5.41) is 3.04. The molecular weight excluding hydrogens is 450 g/mol. The molecule has 0 aliphatic carbocycles. The SMILES string of the molecule is CCOC(=O)c1nc(C(=O)N2CCCC2C)c(-c2cnc(NCC(C)(C)C)cc2C(F)F)s1. The minimum Gasteiger partial charge on any atom is -0.461 e. The average Bonchev–Trinajstić information content (AvgIpc) is 3.38. The van der Waals surface area contributed by atoms with Gasteiger partial charge in [0.25, 0.3) is 12.3 Å². The Hall–Kier alpha value is -2.62. The van der Waals surface area contributed by atoms with Crippen LogP contribution in [0.3, 0.4) is 0 Å². The molecule has 1 aliphatic heterocycles. The molecule has 1 amide bonds. The maximum atomic E-state index is 14.1. The van der Waals surface area contributed by atoms with Crippen molar-refractivity contribution in [2.45, 2.75) is 59.9 Å². The Labute approximate surface area is 196 Å². The normalized spacial score (nSPS) is 16.4. The smallest absolute Gasteiger partial charge is 0.367 e. The molecule has 1 aliphatic rings. The van der Waals surface area contributed by atoms with Crippen molar-refractivity contribution >= 4 is 29.0 Å². The predicted octanol–water partition coefficient (Wildman–Crippen LogP) is 5.40. The van der Waals surface area contributed by atoms with E-state index >= 15 is 0 Å². The third kappa shape index (κ3) is 5.85. The molecule has 2 aromatic rings. The van der Waals surface area contributed by atoms with E-state index in [1.54, 1.807) is 11.8 Å². The molecule has 1 unspecified atom stereocenters. The van der Waals surface area contributed by atoms with Crippen molar-refractivity contribution in [3.8, 4) is 10.4 Å². The molecule has 10 heteroatoms. The zero-order valence-corrected chi connectivity index (χ0v) is 20.4. The summed E-state index contributed by atoms with van der Waals surface area (Å²) in [7, 11) is 0. The third-order valence-electron chi connectivity index (χ3n) is 5.31. The van der Waals surface area contributed by atoms with E-state index in [1.165, 1.54) is 12.3 Å². The van der Waals surface area contributed by atoms with Gasteiger partial charge in [0.1, 0.15) is 11.5 Å². The lowest BCUT2D eigenvalue weighted by Crippen LogP contribution is -2.34. The van der Waals surface area contributed by atoms with Crippen LogP contribution < -0.4 is 5.32 Å². The van der Waals surface area contributed by atoms with Crippen molar-refractivity contribution < 1.29 is 23.1 Å². The number of esters is 1. The van der Waals surface area contributed by atoms with Crippen molar-refractivity contribution in [1.29, 1.82) is 0 Å². The molecule has 0 aromatic carbocycles. The van der Waals surface area contributed by atoms with Crippen LogP contribution in [0.2, 0.25) is 0 Å². The molecule has 0 saturated carbocycles. The van der Waals surface area contributed by atoms with Gasteiger partial charge in [-0.3, -0.25) is 4.79 Å². The van der Waals surface area contributed by atoms with Gasteiger partial charge in [-0.15, -0.1) is 11.3 Å². The number of carbonyl (C=O) groups excluding carboxylic acids is 2. The lowest BCUT2D eigenvalue weighted by Gasteiger charge is -2.21. The van der Waals surface area contributed by atoms with Crippen molar-refractivity contribution in [2.24, 2.45) is 5.41 Å². The maximum absolute atomic E-state index is 14.1. The molecule has 0 radical (unpaired) electrons. The maximum Gasteiger partial charge on any atom is 0.367 e. The van der Waals surface area contributed by atoms with E-state index in [-0.39, 0.29) is 50.7 Å². The highest BCUT2D eigenvalue weighted by Gasteiger charge is 2.33. The van der Waals surface area contributed by atoms with Gasteiger partial charge in [0.2, 0.25) is 5.01 Å². The molecule has 1 fully saturated rings. The number of pyridine rings is 1. The largest absolute Gasteiger partial charge is 0.461 e. The Balaban J connectivity index is 2.07. The van der Waals surface area contributed by atoms with Gasteiger partial charge in [-0.2, -0.15) is 0 Å². The van der Waals surface area contributed by atoms with E-state index < -0.39 is 12.4 Å². The van der Waals surface area contributed by atoms with Crippen molar-refractivity contribution in [1.82, 2.24) is 14.9 Å². The molecule has 33 heavy (non-hydrogen) atoms. The van der Waals surface area contributed by atoms with Crippen LogP contribution >= 0.6 is 11.3 Å². The number of nitrogens with one attached hydrogen (secondary N) is 1. The van der Waals surface area contributed by atoms with Crippen LogP contribution in [-0.2, 0) is 4.74 Å². The van der Waals surface area contributed by atoms with E-state index in [4.69, 9.17) is 4.74 Å². The highest BCUT2D eigenvalue weighted by atomic mass is 32.1. The third-order valence-corrected chi connectivity index (χ3v) is 6.38. The molecule has 0 bridgehead atoms. The number of rotatable bonds is 7. The number of hydrogen-bond donors (Lipinski definition) is 1. The first-order chi connectivity index (χ1) is 15.5. The second kappa shape index (κ2) is 10.1. The molecule has 1 N–H and O–H groups in total. The number of nitrogens with zero attached hydrogens (tertiary/aromatic N) is 3. The van der Waals surface area contributed by atoms with Crippen LogP contribution in [0.15, 0.2) is 12.3 Å². The number of amides is 1. The number of thiazole rings is 1. The Morgan fingerprint density at radius 1 is 1.36 bits per heavy atom. The Kier molecular flexibility index (Phi) is 7.66. The van der Waals surface area contributed by atoms with Gasteiger partial charge in [0.05, 0.1) is 11.5 Å². The van der Waals surface area contributed by atoms with Crippen molar-refractivity contribution in [2.75, 3.05) is 25.0 Å².